The molecule has 0 amide bonds. The van der Waals surface area contributed by atoms with E-state index in [9.17, 15) is 4.79 Å². The highest BCUT2D eigenvalue weighted by molar-refractivity contribution is 7.98. The molecule has 0 bridgehead atoms. The van der Waals surface area contributed by atoms with Gasteiger partial charge in [-0.2, -0.15) is 0 Å². The topological polar surface area (TPSA) is 17.1 Å². The van der Waals surface area contributed by atoms with Gasteiger partial charge in [-0.3, -0.25) is 4.79 Å². The molecule has 1 aromatic carbocycles. The molecule has 1 nitrogen and oxygen atoms in total. The third-order valence-electron chi connectivity index (χ3n) is 5.32. The molecule has 0 aliphatic heterocycles. The summed E-state index contributed by atoms with van der Waals surface area (Å²) in [5, 5.41) is 0. The van der Waals surface area contributed by atoms with Crippen molar-refractivity contribution >= 4 is 16.7 Å². The van der Waals surface area contributed by atoms with Crippen LogP contribution in [0, 0.1) is 0 Å². The largest absolute Gasteiger partial charge is 0.288 e. The fourth-order valence-electron chi connectivity index (χ4n) is 3.83. The van der Waals surface area contributed by atoms with Gasteiger partial charge in [-0.1, -0.05) is 50.5 Å². The molecule has 1 fully saturated rings. The Bertz CT molecular complexity index is 497. The van der Waals surface area contributed by atoms with E-state index in [0.29, 0.717) is 11.7 Å². The van der Waals surface area contributed by atoms with Crippen LogP contribution in [-0.4, -0.2) is 22.0 Å². The second kappa shape index (κ2) is 8.37. The quantitative estimate of drug-likeness (QED) is 0.459. The van der Waals surface area contributed by atoms with Gasteiger partial charge in [0.05, 0.1) is 0 Å². The lowest BCUT2D eigenvalue weighted by Gasteiger charge is -2.25. The van der Waals surface area contributed by atoms with Crippen molar-refractivity contribution in [1.82, 2.24) is 0 Å². The van der Waals surface area contributed by atoms with Crippen molar-refractivity contribution < 1.29 is 4.79 Å². The average Bonchev–Trinajstić information content (AvgIpc) is 2.59. The first-order valence-corrected chi connectivity index (χ1v) is 10.9. The van der Waals surface area contributed by atoms with Crippen molar-refractivity contribution in [3.8, 4) is 0 Å². The lowest BCUT2D eigenvalue weighted by molar-refractivity contribution is 0.0956. The molecule has 2 heteroatoms. The summed E-state index contributed by atoms with van der Waals surface area (Å²) in [6.45, 7) is 8.73. The van der Waals surface area contributed by atoms with E-state index in [2.05, 4.69) is 52.0 Å². The molecule has 1 aliphatic carbocycles. The van der Waals surface area contributed by atoms with Gasteiger partial charge in [0.1, 0.15) is 11.5 Å². The van der Waals surface area contributed by atoms with Crippen LogP contribution in [0.2, 0.25) is 0 Å². The summed E-state index contributed by atoms with van der Waals surface area (Å²) in [7, 11) is 0.168. The van der Waals surface area contributed by atoms with E-state index in [4.69, 9.17) is 0 Å². The first kappa shape index (κ1) is 18.6. The molecule has 1 unspecified atom stereocenters. The van der Waals surface area contributed by atoms with E-state index in [1.54, 1.807) is 0 Å². The zero-order valence-electron chi connectivity index (χ0n) is 15.4. The van der Waals surface area contributed by atoms with E-state index < -0.39 is 0 Å². The van der Waals surface area contributed by atoms with Gasteiger partial charge in [0.25, 0.3) is 0 Å². The number of benzene rings is 1. The molecule has 1 aliphatic rings. The highest BCUT2D eigenvalue weighted by Gasteiger charge is 2.44. The van der Waals surface area contributed by atoms with Gasteiger partial charge >= 0.3 is 0 Å². The van der Waals surface area contributed by atoms with Crippen LogP contribution < -0.4 is 0 Å². The monoisotopic (exact) mass is 333 g/mol. The summed E-state index contributed by atoms with van der Waals surface area (Å²) in [5.74, 6) is 3.31. The molecule has 0 aromatic heterocycles. The predicted octanol–water partition coefficient (Wildman–Crippen LogP) is 5.74. The Morgan fingerprint density at radius 1 is 1.09 bits per heavy atom. The summed E-state index contributed by atoms with van der Waals surface area (Å²) >= 11 is 0. The van der Waals surface area contributed by atoms with Crippen LogP contribution in [0.25, 0.3) is 0 Å². The van der Waals surface area contributed by atoms with Crippen LogP contribution in [-0.2, 0) is 10.9 Å². The molecule has 1 atom stereocenters. The van der Waals surface area contributed by atoms with Gasteiger partial charge in [-0.05, 0) is 51.5 Å². The standard InChI is InChI=1S/C21H33OS/c1-5-16-23(6-2)21(3,4)20(22)19-14-12-18(13-15-19)17-10-8-7-9-11-17/h12-15,17H,5-11,16H2,1-4H3/q+1. The van der Waals surface area contributed by atoms with Crippen LogP contribution in [0.1, 0.15) is 88.1 Å². The van der Waals surface area contributed by atoms with Crippen molar-refractivity contribution in [2.75, 3.05) is 11.5 Å². The van der Waals surface area contributed by atoms with Crippen molar-refractivity contribution in [3.05, 3.63) is 35.4 Å². The summed E-state index contributed by atoms with van der Waals surface area (Å²) in [6, 6.07) is 8.58. The van der Waals surface area contributed by atoms with Crippen molar-refractivity contribution in [2.24, 2.45) is 0 Å². The summed E-state index contributed by atoms with van der Waals surface area (Å²) < 4.78 is -0.239. The Morgan fingerprint density at radius 2 is 1.70 bits per heavy atom. The molecule has 23 heavy (non-hydrogen) atoms. The van der Waals surface area contributed by atoms with Gasteiger partial charge in [-0.25, -0.2) is 0 Å². The van der Waals surface area contributed by atoms with Crippen LogP contribution in [0.3, 0.4) is 0 Å². The van der Waals surface area contributed by atoms with Crippen LogP contribution in [0.15, 0.2) is 24.3 Å². The normalized spacial score (nSPS) is 17.9. The van der Waals surface area contributed by atoms with E-state index in [1.165, 1.54) is 37.7 Å². The Labute approximate surface area is 145 Å². The second-order valence-corrected chi connectivity index (χ2v) is 10.3. The van der Waals surface area contributed by atoms with Crippen molar-refractivity contribution in [2.45, 2.75) is 76.9 Å². The van der Waals surface area contributed by atoms with Gasteiger partial charge < -0.3 is 0 Å². The zero-order valence-corrected chi connectivity index (χ0v) is 16.2. The van der Waals surface area contributed by atoms with Gasteiger partial charge in [0.15, 0.2) is 4.75 Å². The summed E-state index contributed by atoms with van der Waals surface area (Å²) in [5.41, 5.74) is 2.33. The number of carbonyl (C=O) groups is 1. The number of carbonyl (C=O) groups excluding carboxylic acids is 1. The molecular formula is C21H33OS+. The van der Waals surface area contributed by atoms with Crippen LogP contribution in [0.5, 0.6) is 0 Å². The van der Waals surface area contributed by atoms with E-state index in [-0.39, 0.29) is 15.6 Å². The first-order chi connectivity index (χ1) is 11.0. The molecule has 2 rings (SSSR count). The van der Waals surface area contributed by atoms with Gasteiger partial charge in [0, 0.05) is 16.5 Å². The Morgan fingerprint density at radius 3 is 2.22 bits per heavy atom. The van der Waals surface area contributed by atoms with Crippen molar-refractivity contribution in [3.63, 3.8) is 0 Å². The Balaban J connectivity index is 2.12. The molecular weight excluding hydrogens is 300 g/mol. The van der Waals surface area contributed by atoms with Crippen molar-refractivity contribution in [1.29, 1.82) is 0 Å². The fourth-order valence-corrected chi connectivity index (χ4v) is 6.22. The van der Waals surface area contributed by atoms with Crippen LogP contribution in [0.4, 0.5) is 0 Å². The first-order valence-electron chi connectivity index (χ1n) is 9.33. The maximum atomic E-state index is 13.0. The highest BCUT2D eigenvalue weighted by atomic mass is 32.2. The molecule has 0 spiro atoms. The molecule has 0 N–H and O–H groups in total. The molecule has 1 aromatic rings. The third-order valence-corrected chi connectivity index (χ3v) is 8.54. The maximum Gasteiger partial charge on any atom is 0.217 e. The number of hydrogen-bond acceptors (Lipinski definition) is 1. The van der Waals surface area contributed by atoms with Gasteiger partial charge in [0.2, 0.25) is 5.78 Å². The number of rotatable bonds is 7. The fraction of sp³-hybridized carbons (Fsp3) is 0.667. The molecule has 1 saturated carbocycles. The SMILES string of the molecule is CCC[S+](CC)C(C)(C)C(=O)c1ccc(C2CCCCC2)cc1. The molecule has 128 valence electrons. The highest BCUT2D eigenvalue weighted by Crippen LogP contribution is 2.33. The number of hydrogen-bond donors (Lipinski definition) is 0. The third kappa shape index (κ3) is 4.41. The van der Waals surface area contributed by atoms with Gasteiger partial charge in [-0.15, -0.1) is 0 Å². The van der Waals surface area contributed by atoms with E-state index in [1.807, 2.05) is 0 Å². The maximum absolute atomic E-state index is 13.0. The lowest BCUT2D eigenvalue weighted by atomic mass is 9.83. The summed E-state index contributed by atoms with van der Waals surface area (Å²) in [6.07, 6.45) is 7.89. The zero-order chi connectivity index (χ0) is 16.9. The minimum Gasteiger partial charge on any atom is -0.288 e. The molecule has 0 radical (unpaired) electrons. The lowest BCUT2D eigenvalue weighted by Crippen LogP contribution is -2.43. The van der Waals surface area contributed by atoms with Crippen LogP contribution >= 0.6 is 0 Å². The number of Topliss-reactive ketones (excluding diaryl/α,β-unsaturated/α-hetero) is 1. The van der Waals surface area contributed by atoms with E-state index >= 15 is 0 Å². The minimum absolute atomic E-state index is 0.168. The molecule has 0 heterocycles. The summed E-state index contributed by atoms with van der Waals surface area (Å²) in [4.78, 5) is 13.0. The predicted molar refractivity (Wildman–Crippen MR) is 104 cm³/mol. The Hall–Kier alpha value is -0.760. The van der Waals surface area contributed by atoms with E-state index in [0.717, 1.165) is 23.5 Å². The minimum atomic E-state index is -0.239. The number of ketones is 1. The second-order valence-electron chi connectivity index (χ2n) is 7.28. The average molecular weight is 334 g/mol. The molecule has 0 saturated heterocycles. The smallest absolute Gasteiger partial charge is 0.217 e. The Kier molecular flexibility index (Phi) is 6.76.